The molecule has 0 fully saturated rings. The zero-order valence-corrected chi connectivity index (χ0v) is 16.7. The molecule has 2 aromatic carbocycles. The maximum atomic E-state index is 12.5. The van der Waals surface area contributed by atoms with Gasteiger partial charge in [-0.05, 0) is 43.7 Å². The summed E-state index contributed by atoms with van der Waals surface area (Å²) in [5.74, 6) is 0.748. The van der Waals surface area contributed by atoms with Gasteiger partial charge in [-0.1, -0.05) is 38.0 Å². The molecule has 2 rings (SSSR count). The van der Waals surface area contributed by atoms with E-state index in [1.54, 1.807) is 50.4 Å². The minimum atomic E-state index is -0.719. The van der Waals surface area contributed by atoms with Gasteiger partial charge in [-0.15, -0.1) is 0 Å². The molecule has 0 bridgehead atoms. The third-order valence-electron chi connectivity index (χ3n) is 4.16. The minimum absolute atomic E-state index is 0.0233. The first-order chi connectivity index (χ1) is 13.5. The quantitative estimate of drug-likeness (QED) is 0.586. The first kappa shape index (κ1) is 21.3. The molecule has 2 aromatic rings. The molecule has 0 aromatic heterocycles. The van der Waals surface area contributed by atoms with Crippen molar-refractivity contribution in [1.82, 2.24) is 0 Å². The van der Waals surface area contributed by atoms with E-state index in [-0.39, 0.29) is 11.8 Å². The molecule has 28 heavy (non-hydrogen) atoms. The first-order valence-electron chi connectivity index (χ1n) is 9.54. The van der Waals surface area contributed by atoms with E-state index in [9.17, 15) is 9.59 Å². The number of hydrogen-bond acceptors (Lipinski definition) is 4. The van der Waals surface area contributed by atoms with Crippen LogP contribution in [0, 0.1) is 0 Å². The average Bonchev–Trinajstić information content (AvgIpc) is 2.68. The Labute approximate surface area is 166 Å². The number of carbonyl (C=O) groups is 2. The fraction of sp³-hybridized carbons (Fsp3) is 0.364. The number of rotatable bonds is 10. The van der Waals surface area contributed by atoms with Gasteiger partial charge in [0.25, 0.3) is 5.91 Å². The summed E-state index contributed by atoms with van der Waals surface area (Å²) in [5.41, 5.74) is 1.24. The van der Waals surface area contributed by atoms with Crippen LogP contribution in [0.1, 0.15) is 39.5 Å². The molecule has 0 saturated heterocycles. The van der Waals surface area contributed by atoms with Gasteiger partial charge >= 0.3 is 0 Å². The number of para-hydroxylation sites is 2. The SMILES string of the molecule is CCCCCC(=O)Nc1cccc(NC(=O)C(C)Oc2ccccc2OC)c1. The van der Waals surface area contributed by atoms with E-state index in [0.717, 1.165) is 19.3 Å². The second-order valence-corrected chi connectivity index (χ2v) is 6.49. The fourth-order valence-electron chi connectivity index (χ4n) is 2.64. The Morgan fingerprint density at radius 3 is 2.32 bits per heavy atom. The molecule has 0 radical (unpaired) electrons. The Hall–Kier alpha value is -3.02. The lowest BCUT2D eigenvalue weighted by molar-refractivity contribution is -0.122. The predicted octanol–water partition coefficient (Wildman–Crippen LogP) is 4.62. The van der Waals surface area contributed by atoms with Crippen molar-refractivity contribution in [3.8, 4) is 11.5 Å². The van der Waals surface area contributed by atoms with E-state index in [0.29, 0.717) is 29.3 Å². The van der Waals surface area contributed by atoms with E-state index in [2.05, 4.69) is 17.6 Å². The largest absolute Gasteiger partial charge is 0.493 e. The van der Waals surface area contributed by atoms with Gasteiger partial charge in [-0.2, -0.15) is 0 Å². The van der Waals surface area contributed by atoms with Crippen molar-refractivity contribution in [2.24, 2.45) is 0 Å². The third-order valence-corrected chi connectivity index (χ3v) is 4.16. The van der Waals surface area contributed by atoms with Gasteiger partial charge in [-0.3, -0.25) is 9.59 Å². The number of methoxy groups -OCH3 is 1. The number of benzene rings is 2. The van der Waals surface area contributed by atoms with E-state index >= 15 is 0 Å². The number of hydrogen-bond donors (Lipinski definition) is 2. The van der Waals surface area contributed by atoms with Gasteiger partial charge in [0.15, 0.2) is 17.6 Å². The Morgan fingerprint density at radius 2 is 1.64 bits per heavy atom. The molecule has 0 aliphatic heterocycles. The highest BCUT2D eigenvalue weighted by molar-refractivity contribution is 5.96. The maximum absolute atomic E-state index is 12.5. The van der Waals surface area contributed by atoms with Crippen LogP contribution in [-0.4, -0.2) is 25.0 Å². The van der Waals surface area contributed by atoms with E-state index in [1.165, 1.54) is 0 Å². The third kappa shape index (κ3) is 6.61. The summed E-state index contributed by atoms with van der Waals surface area (Å²) in [7, 11) is 1.55. The summed E-state index contributed by atoms with van der Waals surface area (Å²) in [6.45, 7) is 3.77. The molecule has 6 nitrogen and oxygen atoms in total. The smallest absolute Gasteiger partial charge is 0.265 e. The normalized spacial score (nSPS) is 11.4. The number of anilines is 2. The van der Waals surface area contributed by atoms with E-state index in [4.69, 9.17) is 9.47 Å². The topological polar surface area (TPSA) is 76.7 Å². The molecule has 0 aliphatic rings. The van der Waals surface area contributed by atoms with Crippen molar-refractivity contribution in [3.05, 3.63) is 48.5 Å². The van der Waals surface area contributed by atoms with Crippen LogP contribution >= 0.6 is 0 Å². The predicted molar refractivity (Wildman–Crippen MR) is 111 cm³/mol. The Balaban J connectivity index is 1.93. The van der Waals surface area contributed by atoms with Crippen molar-refractivity contribution in [2.75, 3.05) is 17.7 Å². The van der Waals surface area contributed by atoms with E-state index in [1.807, 2.05) is 12.1 Å². The summed E-state index contributed by atoms with van der Waals surface area (Å²) in [4.78, 5) is 24.4. The second-order valence-electron chi connectivity index (χ2n) is 6.49. The lowest BCUT2D eigenvalue weighted by atomic mass is 10.2. The van der Waals surface area contributed by atoms with E-state index < -0.39 is 6.10 Å². The number of amides is 2. The Kier molecular flexibility index (Phi) is 8.34. The van der Waals surface area contributed by atoms with Gasteiger partial charge in [0.05, 0.1) is 7.11 Å². The molecular formula is C22H28N2O4. The van der Waals surface area contributed by atoms with Crippen LogP contribution in [-0.2, 0) is 9.59 Å². The van der Waals surface area contributed by atoms with Crippen molar-refractivity contribution in [1.29, 1.82) is 0 Å². The summed E-state index contributed by atoms with van der Waals surface area (Å²) < 4.78 is 10.9. The summed E-state index contributed by atoms with van der Waals surface area (Å²) in [5, 5.41) is 5.67. The van der Waals surface area contributed by atoms with Gasteiger partial charge in [0.2, 0.25) is 5.91 Å². The highest BCUT2D eigenvalue weighted by Crippen LogP contribution is 2.27. The monoisotopic (exact) mass is 384 g/mol. The highest BCUT2D eigenvalue weighted by Gasteiger charge is 2.17. The molecule has 150 valence electrons. The van der Waals surface area contributed by atoms with Crippen molar-refractivity contribution < 1.29 is 19.1 Å². The lowest BCUT2D eigenvalue weighted by Crippen LogP contribution is -2.30. The van der Waals surface area contributed by atoms with Gasteiger partial charge in [-0.25, -0.2) is 0 Å². The minimum Gasteiger partial charge on any atom is -0.493 e. The summed E-state index contributed by atoms with van der Waals surface area (Å²) in [6.07, 6.45) is 2.76. The molecule has 0 saturated carbocycles. The van der Waals surface area contributed by atoms with Crippen molar-refractivity contribution in [2.45, 2.75) is 45.6 Å². The second kappa shape index (κ2) is 11.0. The lowest BCUT2D eigenvalue weighted by Gasteiger charge is -2.17. The van der Waals surface area contributed by atoms with Gasteiger partial charge in [0, 0.05) is 17.8 Å². The molecule has 2 amide bonds. The molecule has 0 spiro atoms. The van der Waals surface area contributed by atoms with Crippen LogP contribution < -0.4 is 20.1 Å². The van der Waals surface area contributed by atoms with Gasteiger partial charge < -0.3 is 20.1 Å². The zero-order chi connectivity index (χ0) is 20.4. The summed E-state index contributed by atoms with van der Waals surface area (Å²) >= 11 is 0. The maximum Gasteiger partial charge on any atom is 0.265 e. The number of nitrogens with one attached hydrogen (secondary N) is 2. The van der Waals surface area contributed by atoms with Crippen LogP contribution in [0.5, 0.6) is 11.5 Å². The zero-order valence-electron chi connectivity index (χ0n) is 16.7. The Morgan fingerprint density at radius 1 is 0.964 bits per heavy atom. The number of carbonyl (C=O) groups excluding carboxylic acids is 2. The number of ether oxygens (including phenoxy) is 2. The molecule has 1 unspecified atom stereocenters. The Bertz CT molecular complexity index is 792. The first-order valence-corrected chi connectivity index (χ1v) is 9.54. The highest BCUT2D eigenvalue weighted by atomic mass is 16.5. The van der Waals surface area contributed by atoms with Crippen molar-refractivity contribution in [3.63, 3.8) is 0 Å². The van der Waals surface area contributed by atoms with Crippen LogP contribution in [0.25, 0.3) is 0 Å². The molecule has 0 heterocycles. The van der Waals surface area contributed by atoms with Crippen LogP contribution in [0.4, 0.5) is 11.4 Å². The molecule has 1 atom stereocenters. The van der Waals surface area contributed by atoms with Crippen LogP contribution in [0.15, 0.2) is 48.5 Å². The number of unbranched alkanes of at least 4 members (excludes halogenated alkanes) is 2. The molecule has 6 heteroatoms. The van der Waals surface area contributed by atoms with Crippen LogP contribution in [0.2, 0.25) is 0 Å². The van der Waals surface area contributed by atoms with Crippen LogP contribution in [0.3, 0.4) is 0 Å². The fourth-order valence-corrected chi connectivity index (χ4v) is 2.64. The summed E-state index contributed by atoms with van der Waals surface area (Å²) in [6, 6.07) is 14.2. The van der Waals surface area contributed by atoms with Crippen molar-refractivity contribution >= 4 is 23.2 Å². The molecular weight excluding hydrogens is 356 g/mol. The molecule has 2 N–H and O–H groups in total. The average molecular weight is 384 g/mol. The standard InChI is InChI=1S/C22H28N2O4/c1-4-5-6-14-21(25)23-17-10-9-11-18(15-17)24-22(26)16(2)28-20-13-8-7-12-19(20)27-3/h7-13,15-16H,4-6,14H2,1-3H3,(H,23,25)(H,24,26). The van der Waals surface area contributed by atoms with Gasteiger partial charge in [0.1, 0.15) is 0 Å². The molecule has 0 aliphatic carbocycles.